The van der Waals surface area contributed by atoms with Gasteiger partial charge in [0.2, 0.25) is 0 Å². The normalized spacial score (nSPS) is 18.0. The zero-order valence-corrected chi connectivity index (χ0v) is 13.0. The van der Waals surface area contributed by atoms with Gasteiger partial charge in [-0.25, -0.2) is 9.97 Å². The number of nitrogens with zero attached hydrogens (tertiary/aromatic N) is 4. The predicted molar refractivity (Wildman–Crippen MR) is 86.5 cm³/mol. The van der Waals surface area contributed by atoms with E-state index in [2.05, 4.69) is 27.1 Å². The number of rotatable bonds is 5. The summed E-state index contributed by atoms with van der Waals surface area (Å²) in [5.41, 5.74) is 2.08. The summed E-state index contributed by atoms with van der Waals surface area (Å²) in [7, 11) is 2.01. The van der Waals surface area contributed by atoms with Crippen LogP contribution in [0.2, 0.25) is 0 Å². The smallest absolute Gasteiger partial charge is 0.154 e. The maximum absolute atomic E-state index is 4.44. The average molecular weight is 287 g/mol. The second kappa shape index (κ2) is 6.43. The van der Waals surface area contributed by atoms with Crippen LogP contribution < -0.4 is 5.32 Å². The van der Waals surface area contributed by atoms with Crippen molar-refractivity contribution >= 4 is 16.9 Å². The van der Waals surface area contributed by atoms with Crippen molar-refractivity contribution in [1.29, 1.82) is 0 Å². The van der Waals surface area contributed by atoms with Gasteiger partial charge in [-0.1, -0.05) is 13.3 Å². The molecule has 1 fully saturated rings. The lowest BCUT2D eigenvalue weighted by Crippen LogP contribution is -2.35. The Bertz CT molecular complexity index is 585. The fraction of sp³-hybridized carbons (Fsp3) is 0.625. The van der Waals surface area contributed by atoms with E-state index < -0.39 is 0 Å². The molecule has 1 N–H and O–H groups in total. The van der Waals surface area contributed by atoms with E-state index in [0.717, 1.165) is 23.4 Å². The van der Waals surface area contributed by atoms with Crippen molar-refractivity contribution in [2.45, 2.75) is 26.2 Å². The van der Waals surface area contributed by atoms with Gasteiger partial charge in [-0.15, -0.1) is 0 Å². The van der Waals surface area contributed by atoms with Crippen molar-refractivity contribution in [3.8, 4) is 0 Å². The van der Waals surface area contributed by atoms with Gasteiger partial charge in [-0.05, 0) is 37.9 Å². The molecule has 0 amide bonds. The Kier molecular flexibility index (Phi) is 4.39. The molecule has 0 saturated carbocycles. The van der Waals surface area contributed by atoms with Crippen molar-refractivity contribution in [2.75, 3.05) is 31.5 Å². The molecule has 21 heavy (non-hydrogen) atoms. The summed E-state index contributed by atoms with van der Waals surface area (Å²) in [4.78, 5) is 11.5. The maximum atomic E-state index is 4.44. The number of likely N-dealkylation sites (tertiary alicyclic amines) is 1. The molecule has 114 valence electrons. The molecule has 5 nitrogen and oxygen atoms in total. The molecule has 1 aliphatic heterocycles. The number of pyridine rings is 1. The van der Waals surface area contributed by atoms with Crippen molar-refractivity contribution in [2.24, 2.45) is 13.0 Å². The van der Waals surface area contributed by atoms with Crippen LogP contribution in [0, 0.1) is 5.92 Å². The molecule has 1 saturated heterocycles. The molecule has 3 rings (SSSR count). The zero-order valence-electron chi connectivity index (χ0n) is 13.0. The van der Waals surface area contributed by atoms with Crippen LogP contribution in [0.1, 0.15) is 26.2 Å². The highest BCUT2D eigenvalue weighted by atomic mass is 15.1. The first-order chi connectivity index (χ1) is 10.2. The van der Waals surface area contributed by atoms with E-state index in [-0.39, 0.29) is 0 Å². The number of nitrogens with one attached hydrogen (secondary N) is 1. The lowest BCUT2D eigenvalue weighted by molar-refractivity contribution is 0.204. The third-order valence-electron chi connectivity index (χ3n) is 4.28. The second-order valence-electron chi connectivity index (χ2n) is 6.23. The lowest BCUT2D eigenvalue weighted by Gasteiger charge is -2.29. The quantitative estimate of drug-likeness (QED) is 0.918. The minimum absolute atomic E-state index is 0.615. The second-order valence-corrected chi connectivity index (χ2v) is 6.23. The first kappa shape index (κ1) is 14.3. The van der Waals surface area contributed by atoms with Crippen LogP contribution in [0.4, 0.5) is 5.82 Å². The highest BCUT2D eigenvalue weighted by Crippen LogP contribution is 2.19. The minimum Gasteiger partial charge on any atom is -0.368 e. The molecule has 2 aromatic rings. The summed E-state index contributed by atoms with van der Waals surface area (Å²) in [6.07, 6.45) is 7.80. The number of aryl methyl sites for hydroxylation is 1. The Labute approximate surface area is 126 Å². The van der Waals surface area contributed by atoms with Gasteiger partial charge >= 0.3 is 0 Å². The van der Waals surface area contributed by atoms with Gasteiger partial charge in [0.1, 0.15) is 5.52 Å². The summed E-state index contributed by atoms with van der Waals surface area (Å²) in [5.74, 6) is 1.52. The first-order valence-corrected chi connectivity index (χ1v) is 7.96. The van der Waals surface area contributed by atoms with Gasteiger partial charge in [-0.3, -0.25) is 0 Å². The molecule has 2 aromatic heterocycles. The van der Waals surface area contributed by atoms with Crippen molar-refractivity contribution in [3.63, 3.8) is 0 Å². The SMILES string of the molecule is CC(CNc1nccc2c1ncn2C)CN1CCCCC1. The van der Waals surface area contributed by atoms with Crippen LogP contribution in [0.15, 0.2) is 18.6 Å². The van der Waals surface area contributed by atoms with E-state index in [1.807, 2.05) is 30.2 Å². The van der Waals surface area contributed by atoms with Crippen LogP contribution in [-0.2, 0) is 7.05 Å². The number of hydrogen-bond acceptors (Lipinski definition) is 4. The molecule has 5 heteroatoms. The summed E-state index contributed by atoms with van der Waals surface area (Å²) < 4.78 is 2.03. The summed E-state index contributed by atoms with van der Waals surface area (Å²) in [5, 5.41) is 3.48. The van der Waals surface area contributed by atoms with Crippen molar-refractivity contribution in [3.05, 3.63) is 18.6 Å². The number of anilines is 1. The average Bonchev–Trinajstić information content (AvgIpc) is 2.88. The van der Waals surface area contributed by atoms with Gasteiger partial charge in [0, 0.05) is 26.3 Å². The maximum Gasteiger partial charge on any atom is 0.154 e. The van der Waals surface area contributed by atoms with Crippen molar-refractivity contribution in [1.82, 2.24) is 19.4 Å². The van der Waals surface area contributed by atoms with Crippen molar-refractivity contribution < 1.29 is 0 Å². The molecule has 0 bridgehead atoms. The predicted octanol–water partition coefficient (Wildman–Crippen LogP) is 2.50. The van der Waals surface area contributed by atoms with E-state index in [0.29, 0.717) is 5.92 Å². The molecule has 0 radical (unpaired) electrons. The number of aromatic nitrogens is 3. The lowest BCUT2D eigenvalue weighted by atomic mass is 10.1. The zero-order chi connectivity index (χ0) is 14.7. The van der Waals surface area contributed by atoms with E-state index in [1.54, 1.807) is 0 Å². The van der Waals surface area contributed by atoms with Crippen LogP contribution >= 0.6 is 0 Å². The van der Waals surface area contributed by atoms with Crippen LogP contribution in [0.3, 0.4) is 0 Å². The first-order valence-electron chi connectivity index (χ1n) is 7.96. The monoisotopic (exact) mass is 287 g/mol. The van der Waals surface area contributed by atoms with Gasteiger partial charge in [0.05, 0.1) is 11.8 Å². The van der Waals surface area contributed by atoms with E-state index in [1.165, 1.54) is 38.9 Å². The number of imidazole rings is 1. The Morgan fingerprint density at radius 2 is 2.05 bits per heavy atom. The number of piperidine rings is 1. The van der Waals surface area contributed by atoms with E-state index in [9.17, 15) is 0 Å². The Morgan fingerprint density at radius 1 is 1.24 bits per heavy atom. The van der Waals surface area contributed by atoms with Gasteiger partial charge in [-0.2, -0.15) is 0 Å². The number of hydrogen-bond donors (Lipinski definition) is 1. The summed E-state index contributed by atoms with van der Waals surface area (Å²) in [6.45, 7) is 6.95. The molecule has 0 spiro atoms. The van der Waals surface area contributed by atoms with E-state index >= 15 is 0 Å². The highest BCUT2D eigenvalue weighted by Gasteiger charge is 2.14. The third kappa shape index (κ3) is 3.35. The summed E-state index contributed by atoms with van der Waals surface area (Å²) in [6, 6.07) is 2.00. The third-order valence-corrected chi connectivity index (χ3v) is 4.28. The van der Waals surface area contributed by atoms with Crippen LogP contribution in [0.25, 0.3) is 11.0 Å². The Morgan fingerprint density at radius 3 is 2.86 bits per heavy atom. The molecule has 0 aliphatic carbocycles. The van der Waals surface area contributed by atoms with E-state index in [4.69, 9.17) is 0 Å². The van der Waals surface area contributed by atoms with Gasteiger partial charge in [0.25, 0.3) is 0 Å². The summed E-state index contributed by atoms with van der Waals surface area (Å²) >= 11 is 0. The van der Waals surface area contributed by atoms with Crippen LogP contribution in [0.5, 0.6) is 0 Å². The van der Waals surface area contributed by atoms with Crippen LogP contribution in [-0.4, -0.2) is 45.6 Å². The topological polar surface area (TPSA) is 46.0 Å². The largest absolute Gasteiger partial charge is 0.368 e. The molecule has 1 atom stereocenters. The molecular weight excluding hydrogens is 262 g/mol. The fourth-order valence-corrected chi connectivity index (χ4v) is 3.11. The molecular formula is C16H25N5. The molecule has 3 heterocycles. The van der Waals surface area contributed by atoms with Gasteiger partial charge in [0.15, 0.2) is 5.82 Å². The molecule has 0 aromatic carbocycles. The minimum atomic E-state index is 0.615. The number of fused-ring (bicyclic) bond motifs is 1. The standard InChI is InChI=1S/C16H25N5/c1-13(11-21-8-4-3-5-9-21)10-18-16-15-14(6-7-17-16)20(2)12-19-15/h6-7,12-13H,3-5,8-11H2,1-2H3,(H,17,18). The molecule has 1 unspecified atom stereocenters. The fourth-order valence-electron chi connectivity index (χ4n) is 3.11. The highest BCUT2D eigenvalue weighted by molar-refractivity contribution is 5.85. The molecule has 1 aliphatic rings. The van der Waals surface area contributed by atoms with Gasteiger partial charge < -0.3 is 14.8 Å². The Hall–Kier alpha value is -1.62. The Balaban J connectivity index is 1.58.